The molecule has 4 N–H and O–H groups in total. The van der Waals surface area contributed by atoms with Gasteiger partial charge in [0.05, 0.1) is 22.7 Å². The fraction of sp³-hybridized carbons (Fsp3) is 0.0455. The molecule has 2 aromatic carbocycles. The fourth-order valence-corrected chi connectivity index (χ4v) is 4.54. The van der Waals surface area contributed by atoms with Crippen LogP contribution in [0.2, 0.25) is 5.02 Å². The minimum atomic E-state index is -0.401. The van der Waals surface area contributed by atoms with E-state index in [1.165, 1.54) is 17.7 Å². The molecule has 5 aromatic rings. The summed E-state index contributed by atoms with van der Waals surface area (Å²) in [6.45, 7) is 0. The number of hydrogen-bond donors (Lipinski definition) is 3. The molecule has 0 saturated heterocycles. The van der Waals surface area contributed by atoms with Gasteiger partial charge >= 0.3 is 6.03 Å². The van der Waals surface area contributed by atoms with E-state index in [0.717, 1.165) is 22.0 Å². The predicted octanol–water partition coefficient (Wildman–Crippen LogP) is 5.03. The molecule has 2 amide bonds. The van der Waals surface area contributed by atoms with Crippen molar-refractivity contribution in [3.8, 4) is 22.0 Å². The van der Waals surface area contributed by atoms with Crippen molar-refractivity contribution in [1.29, 1.82) is 0 Å². The number of rotatable bonds is 4. The lowest BCUT2D eigenvalue weighted by Gasteiger charge is -2.10. The number of benzene rings is 2. The number of hydrogen-bond acceptors (Lipinski definition) is 7. The van der Waals surface area contributed by atoms with Crippen molar-refractivity contribution in [2.45, 2.75) is 0 Å². The van der Waals surface area contributed by atoms with Gasteiger partial charge in [-0.2, -0.15) is 0 Å². The van der Waals surface area contributed by atoms with Gasteiger partial charge in [-0.15, -0.1) is 0 Å². The van der Waals surface area contributed by atoms with Crippen LogP contribution < -0.4 is 16.4 Å². The fourth-order valence-electron chi connectivity index (χ4n) is 3.36. The summed E-state index contributed by atoms with van der Waals surface area (Å²) in [5, 5.41) is 6.76. The molecule has 0 fully saturated rings. The second-order valence-corrected chi connectivity index (χ2v) is 8.51. The van der Waals surface area contributed by atoms with Crippen LogP contribution in [-0.2, 0) is 7.05 Å². The van der Waals surface area contributed by atoms with E-state index in [2.05, 4.69) is 30.6 Å². The van der Waals surface area contributed by atoms with Gasteiger partial charge in [0.2, 0.25) is 0 Å². The molecular weight excluding hydrogens is 460 g/mol. The maximum Gasteiger partial charge on any atom is 0.323 e. The summed E-state index contributed by atoms with van der Waals surface area (Å²) in [4.78, 5) is 30.7. The van der Waals surface area contributed by atoms with E-state index in [9.17, 15) is 4.79 Å². The number of aryl methyl sites for hydroxylation is 1. The van der Waals surface area contributed by atoms with E-state index in [0.29, 0.717) is 32.6 Å². The third-order valence-electron chi connectivity index (χ3n) is 4.88. The Morgan fingerprint density at radius 3 is 2.76 bits per heavy atom. The smallest absolute Gasteiger partial charge is 0.323 e. The molecule has 9 nitrogen and oxygen atoms in total. The van der Waals surface area contributed by atoms with Crippen LogP contribution in [0.15, 0.2) is 61.2 Å². The number of urea groups is 1. The summed E-state index contributed by atoms with van der Waals surface area (Å²) in [5.41, 5.74) is 10.0. The first-order valence-electron chi connectivity index (χ1n) is 9.81. The zero-order valence-electron chi connectivity index (χ0n) is 17.3. The molecule has 33 heavy (non-hydrogen) atoms. The average Bonchev–Trinajstić information content (AvgIpc) is 3.39. The zero-order chi connectivity index (χ0) is 22.9. The number of carbonyl (C=O) groups is 1. The number of para-hydroxylation sites is 1. The number of carbonyl (C=O) groups excluding carboxylic acids is 1. The van der Waals surface area contributed by atoms with Crippen LogP contribution in [0.4, 0.5) is 22.0 Å². The van der Waals surface area contributed by atoms with Crippen LogP contribution in [0.5, 0.6) is 0 Å². The maximum atomic E-state index is 12.5. The Hall–Kier alpha value is -4.02. The van der Waals surface area contributed by atoms with Crippen LogP contribution in [-0.4, -0.2) is 30.5 Å². The Morgan fingerprint density at radius 1 is 1.09 bits per heavy atom. The van der Waals surface area contributed by atoms with Gasteiger partial charge in [-0.25, -0.2) is 24.7 Å². The van der Waals surface area contributed by atoms with Gasteiger partial charge in [0.1, 0.15) is 27.4 Å². The number of nitrogens with one attached hydrogen (secondary N) is 2. The van der Waals surface area contributed by atoms with Crippen molar-refractivity contribution in [3.05, 3.63) is 66.2 Å². The lowest BCUT2D eigenvalue weighted by molar-refractivity contribution is 0.262. The molecule has 0 atom stereocenters. The lowest BCUT2D eigenvalue weighted by Crippen LogP contribution is -2.19. The van der Waals surface area contributed by atoms with Crippen molar-refractivity contribution in [2.75, 3.05) is 16.4 Å². The first-order chi connectivity index (χ1) is 16.0. The van der Waals surface area contributed by atoms with E-state index in [4.69, 9.17) is 17.3 Å². The molecule has 0 unspecified atom stereocenters. The molecule has 3 aromatic heterocycles. The number of nitrogens with two attached hydrogens (primary N) is 1. The minimum absolute atomic E-state index is 0.335. The molecule has 0 spiro atoms. The molecule has 0 aliphatic carbocycles. The summed E-state index contributed by atoms with van der Waals surface area (Å²) >= 11 is 7.53. The lowest BCUT2D eigenvalue weighted by atomic mass is 10.1. The number of aromatic nitrogens is 5. The van der Waals surface area contributed by atoms with Crippen molar-refractivity contribution in [1.82, 2.24) is 24.5 Å². The van der Waals surface area contributed by atoms with Gasteiger partial charge in [-0.05, 0) is 24.3 Å². The standard InChI is InChI=1S/C22H17ClN8OS/c1-31-11-27-16(18(31)21-30-17-19(24)25-10-26-20(17)33-21)12-5-4-6-13(9-12)28-22(32)29-15-8-3-2-7-14(15)23/h2-11H,1H3,(H2,24,25,26)(H2,28,29,32). The van der Waals surface area contributed by atoms with Crippen LogP contribution in [0.1, 0.15) is 0 Å². The summed E-state index contributed by atoms with van der Waals surface area (Å²) in [7, 11) is 1.89. The minimum Gasteiger partial charge on any atom is -0.382 e. The van der Waals surface area contributed by atoms with Gasteiger partial charge in [0, 0.05) is 18.3 Å². The number of nitrogens with zero attached hydrogens (tertiary/aromatic N) is 5. The molecule has 5 rings (SSSR count). The van der Waals surface area contributed by atoms with E-state index in [1.807, 2.05) is 29.8 Å². The molecule has 0 aliphatic rings. The van der Waals surface area contributed by atoms with E-state index < -0.39 is 6.03 Å². The average molecular weight is 477 g/mol. The first kappa shape index (κ1) is 20.9. The highest BCUT2D eigenvalue weighted by Gasteiger charge is 2.19. The third-order valence-corrected chi connectivity index (χ3v) is 6.18. The molecular formula is C22H17ClN8OS. The molecule has 11 heteroatoms. The van der Waals surface area contributed by atoms with Gasteiger partial charge in [-0.1, -0.05) is 47.2 Å². The van der Waals surface area contributed by atoms with Crippen LogP contribution >= 0.6 is 22.9 Å². The van der Waals surface area contributed by atoms with Crippen molar-refractivity contribution in [3.63, 3.8) is 0 Å². The Balaban J connectivity index is 1.45. The molecule has 0 saturated carbocycles. The number of imidazole rings is 1. The second-order valence-electron chi connectivity index (χ2n) is 7.12. The third kappa shape index (κ3) is 4.09. The molecule has 0 bridgehead atoms. The Kier molecular flexibility index (Phi) is 5.37. The number of anilines is 3. The van der Waals surface area contributed by atoms with Crippen molar-refractivity contribution >= 4 is 56.5 Å². The molecule has 0 aliphatic heterocycles. The highest BCUT2D eigenvalue weighted by molar-refractivity contribution is 7.21. The number of halogens is 1. The highest BCUT2D eigenvalue weighted by Crippen LogP contribution is 2.36. The number of thiazole rings is 1. The Bertz CT molecular complexity index is 1500. The van der Waals surface area contributed by atoms with Crippen molar-refractivity contribution in [2.24, 2.45) is 7.05 Å². The normalized spacial score (nSPS) is 11.0. The predicted molar refractivity (Wildman–Crippen MR) is 131 cm³/mol. The van der Waals surface area contributed by atoms with Gasteiger partial charge in [-0.3, -0.25) is 0 Å². The number of amides is 2. The van der Waals surface area contributed by atoms with E-state index in [-0.39, 0.29) is 0 Å². The number of nitrogen functional groups attached to an aromatic ring is 1. The van der Waals surface area contributed by atoms with Gasteiger partial charge in [0.25, 0.3) is 0 Å². The molecule has 0 radical (unpaired) electrons. The summed E-state index contributed by atoms with van der Waals surface area (Å²) < 4.78 is 1.89. The van der Waals surface area contributed by atoms with Gasteiger partial charge < -0.3 is 20.9 Å². The SMILES string of the molecule is Cn1cnc(-c2cccc(NC(=O)Nc3ccccc3Cl)c2)c1-c1nc2c(N)ncnc2s1. The first-order valence-corrected chi connectivity index (χ1v) is 11.0. The quantitative estimate of drug-likeness (QED) is 0.334. The van der Waals surface area contributed by atoms with E-state index in [1.54, 1.807) is 36.7 Å². The molecule has 164 valence electrons. The summed E-state index contributed by atoms with van der Waals surface area (Å²) in [6.07, 6.45) is 3.14. The van der Waals surface area contributed by atoms with Crippen LogP contribution in [0.25, 0.3) is 32.3 Å². The molecule has 3 heterocycles. The number of fused-ring (bicyclic) bond motifs is 1. The highest BCUT2D eigenvalue weighted by atomic mass is 35.5. The maximum absolute atomic E-state index is 12.5. The summed E-state index contributed by atoms with van der Waals surface area (Å²) in [5.74, 6) is 0.335. The largest absolute Gasteiger partial charge is 0.382 e. The Morgan fingerprint density at radius 2 is 1.94 bits per heavy atom. The Labute approximate surface area is 197 Å². The topological polar surface area (TPSA) is 124 Å². The van der Waals surface area contributed by atoms with Crippen LogP contribution in [0, 0.1) is 0 Å². The summed E-state index contributed by atoms with van der Waals surface area (Å²) in [6, 6.07) is 14.0. The van der Waals surface area contributed by atoms with Crippen molar-refractivity contribution < 1.29 is 4.79 Å². The second kappa shape index (κ2) is 8.49. The zero-order valence-corrected chi connectivity index (χ0v) is 18.9. The van der Waals surface area contributed by atoms with Gasteiger partial charge in [0.15, 0.2) is 5.82 Å². The van der Waals surface area contributed by atoms with Crippen LogP contribution in [0.3, 0.4) is 0 Å². The van der Waals surface area contributed by atoms with E-state index >= 15 is 0 Å². The monoisotopic (exact) mass is 476 g/mol.